The van der Waals surface area contributed by atoms with Crippen molar-refractivity contribution < 1.29 is 9.53 Å². The molecule has 1 heterocycles. The third-order valence-electron chi connectivity index (χ3n) is 5.07. The summed E-state index contributed by atoms with van der Waals surface area (Å²) >= 11 is 0. The van der Waals surface area contributed by atoms with Crippen molar-refractivity contribution in [2.45, 2.75) is 31.8 Å². The first-order chi connectivity index (χ1) is 12.8. The number of anilines is 1. The van der Waals surface area contributed by atoms with E-state index in [2.05, 4.69) is 55.7 Å². The minimum Gasteiger partial charge on any atom is -0.496 e. The summed E-state index contributed by atoms with van der Waals surface area (Å²) in [5, 5.41) is 2.25. The van der Waals surface area contributed by atoms with E-state index in [0.29, 0.717) is 18.6 Å². The number of hydrogen-bond donors (Lipinski definition) is 0. The van der Waals surface area contributed by atoms with Gasteiger partial charge >= 0.3 is 0 Å². The quantitative estimate of drug-likeness (QED) is 0.683. The van der Waals surface area contributed by atoms with Gasteiger partial charge in [0, 0.05) is 38.2 Å². The molecule has 0 aliphatic carbocycles. The fourth-order valence-corrected chi connectivity index (χ4v) is 7.25. The summed E-state index contributed by atoms with van der Waals surface area (Å²) in [6, 6.07) is 14.7. The van der Waals surface area contributed by atoms with Crippen molar-refractivity contribution in [3.05, 3.63) is 54.4 Å². The second-order valence-corrected chi connectivity index (χ2v) is 10.9. The molecule has 0 aromatic heterocycles. The van der Waals surface area contributed by atoms with Crippen LogP contribution >= 0.6 is 7.92 Å². The molecule has 1 aliphatic rings. The number of methoxy groups -OCH3 is 1. The number of nitrogens with zero attached hydrogens (tertiary/aromatic N) is 1. The normalized spacial score (nSPS) is 19.1. The molecule has 0 saturated carbocycles. The molecule has 0 N–H and O–H groups in total. The van der Waals surface area contributed by atoms with Gasteiger partial charge in [-0.2, -0.15) is 0 Å². The van der Waals surface area contributed by atoms with Gasteiger partial charge in [-0.15, -0.1) is 0 Å². The van der Waals surface area contributed by atoms with Crippen molar-refractivity contribution in [3.8, 4) is 16.9 Å². The van der Waals surface area contributed by atoms with E-state index < -0.39 is 7.92 Å². The van der Waals surface area contributed by atoms with Crippen LogP contribution in [0.3, 0.4) is 0 Å². The average molecular weight is 381 g/mol. The molecule has 3 rings (SSSR count). The van der Waals surface area contributed by atoms with Crippen LogP contribution in [0, 0.1) is 0 Å². The maximum atomic E-state index is 12.2. The first kappa shape index (κ1) is 19.6. The van der Waals surface area contributed by atoms with E-state index >= 15 is 0 Å². The van der Waals surface area contributed by atoms with Crippen LogP contribution in [0.25, 0.3) is 11.1 Å². The number of Topliss-reactive ketones (excluding diaryl/α,β-unsaturated/α-hetero) is 1. The number of ketones is 1. The average Bonchev–Trinajstić information content (AvgIpc) is 2.59. The van der Waals surface area contributed by atoms with Gasteiger partial charge in [-0.25, -0.2) is 0 Å². The van der Waals surface area contributed by atoms with Crippen LogP contribution in [0.5, 0.6) is 5.75 Å². The fourth-order valence-electron chi connectivity index (χ4n) is 4.07. The Labute approximate surface area is 163 Å². The minimum atomic E-state index is -0.681. The Balaban J connectivity index is 2.25. The highest BCUT2D eigenvalue weighted by Gasteiger charge is 2.40. The number of benzene rings is 2. The van der Waals surface area contributed by atoms with Gasteiger partial charge in [-0.1, -0.05) is 50.8 Å². The van der Waals surface area contributed by atoms with Crippen molar-refractivity contribution in [3.63, 3.8) is 0 Å². The van der Waals surface area contributed by atoms with Crippen LogP contribution in [-0.4, -0.2) is 32.1 Å². The standard InChI is InChI=1S/C23H28NO2P/c1-16-14-17(25)15-23(2,3)27(16)21-13-8-7-10-18(21)22-19(24(4)5)11-9-12-20(22)26-6/h7-13H,1,14-15H2,2-6H3. The van der Waals surface area contributed by atoms with Crippen LogP contribution in [-0.2, 0) is 4.79 Å². The van der Waals surface area contributed by atoms with Crippen LogP contribution < -0.4 is 14.9 Å². The van der Waals surface area contributed by atoms with Crippen molar-refractivity contribution >= 4 is 24.7 Å². The lowest BCUT2D eigenvalue weighted by molar-refractivity contribution is -0.118. The highest BCUT2D eigenvalue weighted by atomic mass is 31.1. The molecule has 2 aromatic carbocycles. The second-order valence-electron chi connectivity index (χ2n) is 7.87. The Morgan fingerprint density at radius 3 is 2.44 bits per heavy atom. The third kappa shape index (κ3) is 3.66. The summed E-state index contributed by atoms with van der Waals surface area (Å²) in [4.78, 5) is 14.3. The van der Waals surface area contributed by atoms with Crippen molar-refractivity contribution in [1.29, 1.82) is 0 Å². The molecule has 3 nitrogen and oxygen atoms in total. The zero-order valence-corrected chi connectivity index (χ0v) is 17.8. The topological polar surface area (TPSA) is 29.5 Å². The lowest BCUT2D eigenvalue weighted by Gasteiger charge is -2.41. The molecule has 1 unspecified atom stereocenters. The van der Waals surface area contributed by atoms with Gasteiger partial charge < -0.3 is 9.64 Å². The van der Waals surface area contributed by atoms with Gasteiger partial charge in [-0.3, -0.25) is 4.79 Å². The molecule has 4 heteroatoms. The zero-order valence-electron chi connectivity index (χ0n) is 16.9. The summed E-state index contributed by atoms with van der Waals surface area (Å²) in [6.07, 6.45) is 1.11. The lowest BCUT2D eigenvalue weighted by Crippen LogP contribution is -2.32. The molecule has 1 saturated heterocycles. The van der Waals surface area contributed by atoms with Crippen LogP contribution in [0.2, 0.25) is 0 Å². The summed E-state index contributed by atoms with van der Waals surface area (Å²) < 4.78 is 5.73. The molecule has 27 heavy (non-hydrogen) atoms. The van der Waals surface area contributed by atoms with E-state index in [9.17, 15) is 4.79 Å². The molecule has 0 spiro atoms. The fraction of sp³-hybridized carbons (Fsp3) is 0.348. The molecule has 1 aliphatic heterocycles. The Morgan fingerprint density at radius 2 is 1.81 bits per heavy atom. The molecule has 2 aromatic rings. The summed E-state index contributed by atoms with van der Waals surface area (Å²) in [7, 11) is 5.14. The minimum absolute atomic E-state index is 0.0991. The number of carbonyl (C=O) groups is 1. The Hall–Kier alpha value is -2.12. The SMILES string of the molecule is C=C1CC(=O)CC(C)(C)P1c1ccccc1-c1c(OC)cccc1N(C)C. The van der Waals surface area contributed by atoms with E-state index in [1.54, 1.807) is 7.11 Å². The van der Waals surface area contributed by atoms with Crippen molar-refractivity contribution in [2.24, 2.45) is 0 Å². The lowest BCUT2D eigenvalue weighted by atomic mass is 10.0. The van der Waals surface area contributed by atoms with E-state index in [0.717, 1.165) is 22.3 Å². The number of allylic oxidation sites excluding steroid dienone is 1. The monoisotopic (exact) mass is 381 g/mol. The maximum Gasteiger partial charge on any atom is 0.138 e. The largest absolute Gasteiger partial charge is 0.496 e. The van der Waals surface area contributed by atoms with Crippen molar-refractivity contribution in [2.75, 3.05) is 26.1 Å². The van der Waals surface area contributed by atoms with E-state index in [4.69, 9.17) is 4.74 Å². The van der Waals surface area contributed by atoms with Crippen LogP contribution in [0.15, 0.2) is 54.4 Å². The zero-order chi connectivity index (χ0) is 19.8. The summed E-state index contributed by atoms with van der Waals surface area (Å²) in [5.74, 6) is 1.16. The van der Waals surface area contributed by atoms with Gasteiger partial charge in [0.2, 0.25) is 0 Å². The first-order valence-electron chi connectivity index (χ1n) is 9.19. The molecule has 0 bridgehead atoms. The Morgan fingerprint density at radius 1 is 1.11 bits per heavy atom. The number of hydrogen-bond acceptors (Lipinski definition) is 3. The number of carbonyl (C=O) groups excluding carboxylic acids is 1. The second kappa shape index (κ2) is 7.48. The van der Waals surface area contributed by atoms with Gasteiger partial charge in [0.25, 0.3) is 0 Å². The number of rotatable bonds is 4. The van der Waals surface area contributed by atoms with E-state index in [1.165, 1.54) is 10.9 Å². The molecule has 0 amide bonds. The molecular weight excluding hydrogens is 353 g/mol. The molecule has 1 fully saturated rings. The summed E-state index contributed by atoms with van der Waals surface area (Å²) in [6.45, 7) is 8.72. The van der Waals surface area contributed by atoms with Gasteiger partial charge in [0.05, 0.1) is 7.11 Å². The molecule has 0 radical (unpaired) electrons. The Bertz CT molecular complexity index is 886. The van der Waals surface area contributed by atoms with Gasteiger partial charge in [0.1, 0.15) is 11.5 Å². The van der Waals surface area contributed by atoms with E-state index in [1.807, 2.05) is 26.2 Å². The number of ether oxygens (including phenoxy) is 1. The van der Waals surface area contributed by atoms with Crippen LogP contribution in [0.4, 0.5) is 5.69 Å². The predicted octanol–water partition coefficient (Wildman–Crippen LogP) is 5.19. The van der Waals surface area contributed by atoms with E-state index in [-0.39, 0.29) is 5.16 Å². The maximum absolute atomic E-state index is 12.2. The highest BCUT2D eigenvalue weighted by Crippen LogP contribution is 2.61. The first-order valence-corrected chi connectivity index (χ1v) is 10.5. The van der Waals surface area contributed by atoms with Gasteiger partial charge in [0.15, 0.2) is 0 Å². The highest BCUT2D eigenvalue weighted by molar-refractivity contribution is 7.71. The predicted molar refractivity (Wildman–Crippen MR) is 117 cm³/mol. The molecule has 1 atom stereocenters. The van der Waals surface area contributed by atoms with Gasteiger partial charge in [-0.05, 0) is 41.4 Å². The smallest absolute Gasteiger partial charge is 0.138 e. The molecular formula is C23H28NO2P. The Kier molecular flexibility index (Phi) is 5.44. The summed E-state index contributed by atoms with van der Waals surface area (Å²) in [5.41, 5.74) is 3.39. The molecule has 142 valence electrons. The van der Waals surface area contributed by atoms with Crippen LogP contribution in [0.1, 0.15) is 26.7 Å². The third-order valence-corrected chi connectivity index (χ3v) is 8.10. The van der Waals surface area contributed by atoms with Crippen molar-refractivity contribution in [1.82, 2.24) is 0 Å².